The lowest BCUT2D eigenvalue weighted by atomic mass is 10.1. The van der Waals surface area contributed by atoms with Gasteiger partial charge in [0.05, 0.1) is 12.9 Å². The van der Waals surface area contributed by atoms with Gasteiger partial charge < -0.3 is 18.6 Å². The van der Waals surface area contributed by atoms with Gasteiger partial charge in [-0.1, -0.05) is 81.4 Å². The summed E-state index contributed by atoms with van der Waals surface area (Å²) in [4.78, 5) is 0. The minimum Gasteiger partial charge on any atom is -0.493 e. The molecule has 3 atom stereocenters. The Bertz CT molecular complexity index is 834. The molecule has 30 heavy (non-hydrogen) atoms. The van der Waals surface area contributed by atoms with Crippen molar-refractivity contribution in [3.05, 3.63) is 73.0 Å². The van der Waals surface area contributed by atoms with Gasteiger partial charge in [-0.25, -0.2) is 0 Å². The summed E-state index contributed by atoms with van der Waals surface area (Å²) in [6.45, 7) is 11.2. The van der Waals surface area contributed by atoms with Crippen molar-refractivity contribution in [3.63, 3.8) is 0 Å². The minimum atomic E-state index is -2.61. The van der Waals surface area contributed by atoms with Crippen LogP contribution in [-0.2, 0) is 18.6 Å². The van der Waals surface area contributed by atoms with Crippen LogP contribution in [-0.4, -0.2) is 39.0 Å². The molecular weight excluding hydrogens is 392 g/mol. The Morgan fingerprint density at radius 2 is 1.47 bits per heavy atom. The third-order valence-corrected chi connectivity index (χ3v) is 10.9. The highest BCUT2D eigenvalue weighted by molar-refractivity contribution is 6.99. The fraction of sp³-hybridized carbons (Fsp3) is 0.440. The van der Waals surface area contributed by atoms with Crippen molar-refractivity contribution in [2.24, 2.45) is 0 Å². The topological polar surface area (TPSA) is 36.9 Å². The van der Waals surface area contributed by atoms with Crippen molar-refractivity contribution in [2.75, 3.05) is 6.61 Å². The lowest BCUT2D eigenvalue weighted by molar-refractivity contribution is -0.154. The number of hydrogen-bond acceptors (Lipinski definition) is 4. The summed E-state index contributed by atoms with van der Waals surface area (Å²) in [5.74, 6) is -0.622. The van der Waals surface area contributed by atoms with Crippen molar-refractivity contribution < 1.29 is 18.6 Å². The van der Waals surface area contributed by atoms with Gasteiger partial charge in [-0.15, -0.1) is 0 Å². The van der Waals surface area contributed by atoms with E-state index in [2.05, 4.69) is 81.4 Å². The van der Waals surface area contributed by atoms with Crippen LogP contribution in [0, 0.1) is 0 Å². The second kappa shape index (κ2) is 7.97. The van der Waals surface area contributed by atoms with E-state index in [1.165, 1.54) is 10.4 Å². The maximum absolute atomic E-state index is 7.03. The molecule has 0 spiro atoms. The van der Waals surface area contributed by atoms with Crippen molar-refractivity contribution in [3.8, 4) is 0 Å². The first-order chi connectivity index (χ1) is 14.2. The monoisotopic (exact) mass is 424 g/mol. The molecule has 2 aliphatic rings. The van der Waals surface area contributed by atoms with E-state index in [1.54, 1.807) is 6.26 Å². The smallest absolute Gasteiger partial charge is 0.261 e. The molecular formula is C25H32O4Si. The molecule has 4 nitrogen and oxygen atoms in total. The second-order valence-corrected chi connectivity index (χ2v) is 13.8. The standard InChI is InChI=1S/C25H32O4Si/c1-24(2,3)30(19-12-8-6-9-13-19,20-14-10-7-11-15-20)27-18-22-23-21(16-17-26-22)28-25(4,5)29-23/h6-17,21-23H,18H2,1-5H3. The molecule has 4 rings (SSSR count). The predicted molar refractivity (Wildman–Crippen MR) is 121 cm³/mol. The van der Waals surface area contributed by atoms with Gasteiger partial charge >= 0.3 is 0 Å². The van der Waals surface area contributed by atoms with Crippen LogP contribution in [0.25, 0.3) is 0 Å². The summed E-state index contributed by atoms with van der Waals surface area (Å²) in [7, 11) is -2.61. The highest BCUT2D eigenvalue weighted by Crippen LogP contribution is 2.38. The predicted octanol–water partition coefficient (Wildman–Crippen LogP) is 4.00. The second-order valence-electron chi connectivity index (χ2n) is 9.54. The van der Waals surface area contributed by atoms with Crippen LogP contribution in [0.4, 0.5) is 0 Å². The molecule has 3 unspecified atom stereocenters. The normalized spacial score (nSPS) is 25.6. The van der Waals surface area contributed by atoms with Gasteiger partial charge in [-0.2, -0.15) is 0 Å². The van der Waals surface area contributed by atoms with Crippen molar-refractivity contribution >= 4 is 18.7 Å². The van der Waals surface area contributed by atoms with E-state index >= 15 is 0 Å². The molecule has 2 heterocycles. The van der Waals surface area contributed by atoms with Gasteiger partial charge in [-0.3, -0.25) is 0 Å². The van der Waals surface area contributed by atoms with Crippen LogP contribution in [0.15, 0.2) is 73.0 Å². The Morgan fingerprint density at radius 3 is 2.00 bits per heavy atom. The summed E-state index contributed by atoms with van der Waals surface area (Å²) in [6, 6.07) is 21.3. The van der Waals surface area contributed by atoms with Crippen LogP contribution in [0.1, 0.15) is 34.6 Å². The zero-order valence-electron chi connectivity index (χ0n) is 18.5. The summed E-state index contributed by atoms with van der Waals surface area (Å²) in [5, 5.41) is 2.44. The Labute approximate surface area is 180 Å². The summed E-state index contributed by atoms with van der Waals surface area (Å²) in [6.07, 6.45) is 3.15. The molecule has 0 aromatic heterocycles. The Kier molecular flexibility index (Phi) is 5.66. The Balaban J connectivity index is 1.70. The molecule has 1 saturated heterocycles. The summed E-state index contributed by atoms with van der Waals surface area (Å²) < 4.78 is 25.2. The van der Waals surface area contributed by atoms with E-state index in [4.69, 9.17) is 18.6 Å². The van der Waals surface area contributed by atoms with Gasteiger partial charge in [0.2, 0.25) is 0 Å². The molecule has 0 radical (unpaired) electrons. The fourth-order valence-electron chi connectivity index (χ4n) is 4.66. The maximum atomic E-state index is 7.03. The van der Waals surface area contributed by atoms with Crippen molar-refractivity contribution in [1.82, 2.24) is 0 Å². The molecule has 5 heteroatoms. The van der Waals surface area contributed by atoms with Gasteiger partial charge in [-0.05, 0) is 35.3 Å². The summed E-state index contributed by atoms with van der Waals surface area (Å²) >= 11 is 0. The Hall–Kier alpha value is -1.92. The van der Waals surface area contributed by atoms with E-state index in [9.17, 15) is 0 Å². The Morgan fingerprint density at radius 1 is 0.900 bits per heavy atom. The SMILES string of the molecule is CC1(C)OC2C=COC(CO[Si](c3ccccc3)(c3ccccc3)C(C)(C)C)C2O1. The van der Waals surface area contributed by atoms with Crippen LogP contribution >= 0.6 is 0 Å². The third-order valence-electron chi connectivity index (χ3n) is 5.93. The van der Waals surface area contributed by atoms with Crippen molar-refractivity contribution in [1.29, 1.82) is 0 Å². The van der Waals surface area contributed by atoms with Crippen molar-refractivity contribution in [2.45, 2.75) is 63.8 Å². The lowest BCUT2D eigenvalue weighted by Gasteiger charge is -2.44. The summed E-state index contributed by atoms with van der Waals surface area (Å²) in [5.41, 5.74) is 0. The van der Waals surface area contributed by atoms with Gasteiger partial charge in [0.15, 0.2) is 5.79 Å². The number of rotatable bonds is 5. The average molecular weight is 425 g/mol. The first-order valence-electron chi connectivity index (χ1n) is 10.7. The molecule has 0 bridgehead atoms. The minimum absolute atomic E-state index is 0.0775. The van der Waals surface area contributed by atoms with Crippen LogP contribution in [0.2, 0.25) is 5.04 Å². The quantitative estimate of drug-likeness (QED) is 0.680. The number of fused-ring (bicyclic) bond motifs is 1. The molecule has 2 aromatic rings. The number of hydrogen-bond donors (Lipinski definition) is 0. The van der Waals surface area contributed by atoms with E-state index in [0.29, 0.717) is 6.61 Å². The zero-order valence-corrected chi connectivity index (χ0v) is 19.5. The highest BCUT2D eigenvalue weighted by atomic mass is 28.4. The molecule has 0 amide bonds. The van der Waals surface area contributed by atoms with Gasteiger partial charge in [0.25, 0.3) is 8.32 Å². The zero-order chi connectivity index (χ0) is 21.4. The average Bonchev–Trinajstić information content (AvgIpc) is 3.03. The van der Waals surface area contributed by atoms with E-state index in [-0.39, 0.29) is 23.4 Å². The van der Waals surface area contributed by atoms with E-state index in [1.807, 2.05) is 19.9 Å². The van der Waals surface area contributed by atoms with Crippen LogP contribution in [0.3, 0.4) is 0 Å². The maximum Gasteiger partial charge on any atom is 0.261 e. The van der Waals surface area contributed by atoms with Crippen LogP contribution in [0.5, 0.6) is 0 Å². The number of benzene rings is 2. The molecule has 0 aliphatic carbocycles. The van der Waals surface area contributed by atoms with Crippen LogP contribution < -0.4 is 10.4 Å². The third kappa shape index (κ3) is 3.87. The molecule has 2 aliphatic heterocycles. The highest BCUT2D eigenvalue weighted by Gasteiger charge is 2.52. The largest absolute Gasteiger partial charge is 0.493 e. The molecule has 2 aromatic carbocycles. The van der Waals surface area contributed by atoms with Gasteiger partial charge in [0.1, 0.15) is 18.3 Å². The lowest BCUT2D eigenvalue weighted by Crippen LogP contribution is -2.67. The van der Waals surface area contributed by atoms with E-state index < -0.39 is 14.1 Å². The first kappa shape index (κ1) is 21.3. The van der Waals surface area contributed by atoms with E-state index in [0.717, 1.165) is 0 Å². The van der Waals surface area contributed by atoms with Gasteiger partial charge in [0, 0.05) is 0 Å². The molecule has 0 N–H and O–H groups in total. The fourth-order valence-corrected chi connectivity index (χ4v) is 9.23. The molecule has 0 saturated carbocycles. The molecule has 160 valence electrons. The molecule has 1 fully saturated rings. The first-order valence-corrected chi connectivity index (χ1v) is 12.6. The number of ether oxygens (including phenoxy) is 3.